The van der Waals surface area contributed by atoms with E-state index in [0.717, 1.165) is 0 Å². The zero-order valence-corrected chi connectivity index (χ0v) is 13.0. The number of halogens is 1. The molecule has 0 bridgehead atoms. The lowest BCUT2D eigenvalue weighted by atomic mass is 10.1. The van der Waals surface area contributed by atoms with Crippen molar-refractivity contribution in [3.8, 4) is 11.5 Å². The van der Waals surface area contributed by atoms with Crippen LogP contribution in [0.4, 0.5) is 0 Å². The second-order valence-corrected chi connectivity index (χ2v) is 5.22. The van der Waals surface area contributed by atoms with Crippen LogP contribution in [0.5, 0.6) is 11.5 Å². The minimum atomic E-state index is -0.481. The van der Waals surface area contributed by atoms with Gasteiger partial charge in [-0.3, -0.25) is 0 Å². The molecule has 0 radical (unpaired) electrons. The maximum Gasteiger partial charge on any atom is 0.367 e. The lowest BCUT2D eigenvalue weighted by Crippen LogP contribution is -2.07. The van der Waals surface area contributed by atoms with E-state index in [1.807, 2.05) is 13.8 Å². The smallest absolute Gasteiger partial charge is 0.367 e. The van der Waals surface area contributed by atoms with Gasteiger partial charge in [-0.1, -0.05) is 16.8 Å². The largest absolute Gasteiger partial charge is 0.493 e. The third kappa shape index (κ3) is 3.36. The normalized spacial score (nSPS) is 16.2. The van der Waals surface area contributed by atoms with Crippen molar-refractivity contribution < 1.29 is 19.1 Å². The summed E-state index contributed by atoms with van der Waals surface area (Å²) >= 11 is 6.23. The van der Waals surface area contributed by atoms with Crippen LogP contribution in [0.3, 0.4) is 0 Å². The minimum Gasteiger partial charge on any atom is -0.493 e. The number of hydrogen-bond acceptors (Lipinski definition) is 5. The van der Waals surface area contributed by atoms with Gasteiger partial charge in [-0.05, 0) is 44.5 Å². The average molecular weight is 310 g/mol. The number of benzene rings is 1. The first-order valence-corrected chi connectivity index (χ1v) is 6.82. The third-order valence-corrected chi connectivity index (χ3v) is 3.07. The van der Waals surface area contributed by atoms with Gasteiger partial charge in [0, 0.05) is 0 Å². The number of ether oxygens (including phenoxy) is 2. The molecule has 0 atom stereocenters. The average Bonchev–Trinajstić information content (AvgIpc) is 2.73. The Hall–Kier alpha value is -2.01. The topological polar surface area (TPSA) is 57.1 Å². The number of methoxy groups -OCH3 is 1. The van der Waals surface area contributed by atoms with Gasteiger partial charge in [0.25, 0.3) is 0 Å². The number of oxime groups is 1. The van der Waals surface area contributed by atoms with Crippen LogP contribution in [0.1, 0.15) is 26.3 Å². The lowest BCUT2D eigenvalue weighted by molar-refractivity contribution is -0.136. The van der Waals surface area contributed by atoms with E-state index in [2.05, 4.69) is 9.99 Å². The van der Waals surface area contributed by atoms with Crippen molar-refractivity contribution in [2.45, 2.75) is 26.9 Å². The van der Waals surface area contributed by atoms with Gasteiger partial charge >= 0.3 is 5.97 Å². The maximum absolute atomic E-state index is 11.5. The Morgan fingerprint density at radius 3 is 2.62 bits per heavy atom. The summed E-state index contributed by atoms with van der Waals surface area (Å²) < 4.78 is 10.9. The van der Waals surface area contributed by atoms with Gasteiger partial charge in [-0.25, -0.2) is 4.79 Å². The fraction of sp³-hybridized carbons (Fsp3) is 0.333. The highest BCUT2D eigenvalue weighted by molar-refractivity contribution is 6.32. The van der Waals surface area contributed by atoms with Crippen LogP contribution in [0.25, 0.3) is 6.08 Å². The van der Waals surface area contributed by atoms with Crippen molar-refractivity contribution in [2.24, 2.45) is 5.16 Å². The molecule has 1 aromatic carbocycles. The van der Waals surface area contributed by atoms with Crippen LogP contribution < -0.4 is 9.47 Å². The molecule has 112 valence electrons. The highest BCUT2D eigenvalue weighted by Gasteiger charge is 2.22. The Labute approximate surface area is 128 Å². The fourth-order valence-corrected chi connectivity index (χ4v) is 2.12. The summed E-state index contributed by atoms with van der Waals surface area (Å²) in [4.78, 5) is 16.2. The predicted octanol–water partition coefficient (Wildman–Crippen LogP) is 3.45. The van der Waals surface area contributed by atoms with Crippen molar-refractivity contribution >= 4 is 29.4 Å². The molecule has 5 nitrogen and oxygen atoms in total. The summed E-state index contributed by atoms with van der Waals surface area (Å²) in [6, 6.07) is 3.45. The van der Waals surface area contributed by atoms with Gasteiger partial charge < -0.3 is 14.3 Å². The first-order chi connectivity index (χ1) is 9.92. The molecule has 0 N–H and O–H groups in total. The second kappa shape index (κ2) is 6.18. The van der Waals surface area contributed by atoms with E-state index in [1.54, 1.807) is 25.1 Å². The van der Waals surface area contributed by atoms with Crippen LogP contribution in [0.15, 0.2) is 22.9 Å². The Morgan fingerprint density at radius 2 is 2.10 bits per heavy atom. The summed E-state index contributed by atoms with van der Waals surface area (Å²) in [7, 11) is 1.53. The van der Waals surface area contributed by atoms with E-state index in [4.69, 9.17) is 21.1 Å². The van der Waals surface area contributed by atoms with Crippen molar-refractivity contribution in [3.05, 3.63) is 28.3 Å². The Kier molecular flexibility index (Phi) is 4.53. The number of nitrogens with zero attached hydrogens (tertiary/aromatic N) is 1. The SMILES string of the molecule is COc1cc(/C=C2\C(=O)ON=C2C)cc(Cl)c1OC(C)C. The van der Waals surface area contributed by atoms with E-state index in [9.17, 15) is 4.79 Å². The van der Waals surface area contributed by atoms with Gasteiger partial charge in [0.05, 0.1) is 29.5 Å². The van der Waals surface area contributed by atoms with E-state index in [0.29, 0.717) is 33.4 Å². The Balaban J connectivity index is 2.43. The molecule has 0 aliphatic carbocycles. The molecule has 21 heavy (non-hydrogen) atoms. The minimum absolute atomic E-state index is 0.0280. The van der Waals surface area contributed by atoms with E-state index < -0.39 is 5.97 Å². The predicted molar refractivity (Wildman–Crippen MR) is 80.9 cm³/mol. The number of hydrogen-bond donors (Lipinski definition) is 0. The monoisotopic (exact) mass is 309 g/mol. The summed E-state index contributed by atoms with van der Waals surface area (Å²) in [5.74, 6) is 0.504. The molecular formula is C15H16ClNO4. The van der Waals surface area contributed by atoms with Gasteiger partial charge in [0.2, 0.25) is 0 Å². The number of rotatable bonds is 4. The van der Waals surface area contributed by atoms with E-state index in [-0.39, 0.29) is 6.10 Å². The van der Waals surface area contributed by atoms with E-state index in [1.165, 1.54) is 7.11 Å². The molecule has 1 aromatic rings. The molecule has 0 saturated carbocycles. The molecule has 0 fully saturated rings. The maximum atomic E-state index is 11.5. The molecule has 0 unspecified atom stereocenters. The first kappa shape index (κ1) is 15.4. The summed E-state index contributed by atoms with van der Waals surface area (Å²) in [6.45, 7) is 5.51. The molecule has 0 aromatic heterocycles. The van der Waals surface area contributed by atoms with Crippen molar-refractivity contribution in [1.29, 1.82) is 0 Å². The van der Waals surface area contributed by atoms with Crippen LogP contribution in [0, 0.1) is 0 Å². The molecule has 6 heteroatoms. The summed E-state index contributed by atoms with van der Waals surface area (Å²) in [5.41, 5.74) is 1.62. The van der Waals surface area contributed by atoms with Gasteiger partial charge in [-0.2, -0.15) is 0 Å². The molecule has 2 rings (SSSR count). The quantitative estimate of drug-likeness (QED) is 0.631. The molecule has 0 spiro atoms. The molecule has 0 saturated heterocycles. The number of carbonyl (C=O) groups is 1. The van der Waals surface area contributed by atoms with Crippen LogP contribution in [-0.2, 0) is 9.63 Å². The summed E-state index contributed by atoms with van der Waals surface area (Å²) in [5, 5.41) is 4.04. The van der Waals surface area contributed by atoms with Crippen LogP contribution >= 0.6 is 11.6 Å². The lowest BCUT2D eigenvalue weighted by Gasteiger charge is -2.15. The molecule has 1 aliphatic rings. The highest BCUT2D eigenvalue weighted by atomic mass is 35.5. The zero-order valence-electron chi connectivity index (χ0n) is 12.3. The Morgan fingerprint density at radius 1 is 1.38 bits per heavy atom. The summed E-state index contributed by atoms with van der Waals surface area (Å²) in [6.07, 6.45) is 1.63. The number of carbonyl (C=O) groups excluding carboxylic acids is 1. The second-order valence-electron chi connectivity index (χ2n) is 4.81. The molecule has 1 heterocycles. The Bertz CT molecular complexity index is 635. The standard InChI is InChI=1S/C15H16ClNO4/c1-8(2)20-14-12(16)6-10(7-13(14)19-4)5-11-9(3)17-21-15(11)18/h5-8H,1-4H3/b11-5-. The van der Waals surface area contributed by atoms with Gasteiger partial charge in [-0.15, -0.1) is 0 Å². The fourth-order valence-electron chi connectivity index (χ4n) is 1.86. The molecule has 0 amide bonds. The van der Waals surface area contributed by atoms with Crippen LogP contribution in [0.2, 0.25) is 5.02 Å². The van der Waals surface area contributed by atoms with Crippen molar-refractivity contribution in [2.75, 3.05) is 7.11 Å². The molecule has 1 aliphatic heterocycles. The van der Waals surface area contributed by atoms with E-state index >= 15 is 0 Å². The van der Waals surface area contributed by atoms with Crippen molar-refractivity contribution in [1.82, 2.24) is 0 Å². The van der Waals surface area contributed by atoms with Gasteiger partial charge in [0.1, 0.15) is 0 Å². The van der Waals surface area contributed by atoms with Gasteiger partial charge in [0.15, 0.2) is 11.5 Å². The highest BCUT2D eigenvalue weighted by Crippen LogP contribution is 2.37. The molecular weight excluding hydrogens is 294 g/mol. The van der Waals surface area contributed by atoms with Crippen molar-refractivity contribution in [3.63, 3.8) is 0 Å². The first-order valence-electron chi connectivity index (χ1n) is 6.44. The zero-order chi connectivity index (χ0) is 15.6. The van der Waals surface area contributed by atoms with Crippen LogP contribution in [-0.4, -0.2) is 24.9 Å². The third-order valence-electron chi connectivity index (χ3n) is 2.79.